The number of amides is 1. The summed E-state index contributed by atoms with van der Waals surface area (Å²) in [5.41, 5.74) is 6.17. The molecule has 1 aromatic carbocycles. The Morgan fingerprint density at radius 1 is 1.44 bits per heavy atom. The Hall–Kier alpha value is -1.95. The van der Waals surface area contributed by atoms with Gasteiger partial charge in [-0.3, -0.25) is 14.9 Å². The Balaban J connectivity index is 2.03. The van der Waals surface area contributed by atoms with Crippen LogP contribution in [0.2, 0.25) is 0 Å². The van der Waals surface area contributed by atoms with Crippen molar-refractivity contribution < 1.29 is 9.72 Å². The van der Waals surface area contributed by atoms with Gasteiger partial charge in [-0.1, -0.05) is 6.07 Å². The lowest BCUT2D eigenvalue weighted by Gasteiger charge is -2.10. The van der Waals surface area contributed by atoms with Crippen molar-refractivity contribution in [3.8, 4) is 0 Å². The van der Waals surface area contributed by atoms with Gasteiger partial charge in [-0.25, -0.2) is 0 Å². The summed E-state index contributed by atoms with van der Waals surface area (Å²) in [6, 6.07) is 6.02. The van der Waals surface area contributed by atoms with E-state index in [0.717, 1.165) is 12.8 Å². The lowest BCUT2D eigenvalue weighted by molar-refractivity contribution is -0.384. The minimum absolute atomic E-state index is 0.0316. The number of nitrogens with two attached hydrogens (primary N) is 1. The maximum absolute atomic E-state index is 11.9. The van der Waals surface area contributed by atoms with Crippen LogP contribution in [-0.4, -0.2) is 16.9 Å². The van der Waals surface area contributed by atoms with Crippen LogP contribution in [-0.2, 0) is 4.79 Å². The maximum atomic E-state index is 11.9. The zero-order chi connectivity index (χ0) is 13.1. The van der Waals surface area contributed by atoms with Crippen molar-refractivity contribution in [1.82, 2.24) is 0 Å². The fourth-order valence-corrected chi connectivity index (χ4v) is 2.20. The van der Waals surface area contributed by atoms with Crippen LogP contribution in [0.15, 0.2) is 24.3 Å². The topological polar surface area (TPSA) is 98.3 Å². The van der Waals surface area contributed by atoms with Gasteiger partial charge in [0.15, 0.2) is 0 Å². The molecular weight excluding hydrogens is 234 g/mol. The Morgan fingerprint density at radius 3 is 2.83 bits per heavy atom. The van der Waals surface area contributed by atoms with E-state index in [9.17, 15) is 14.9 Å². The van der Waals surface area contributed by atoms with E-state index in [2.05, 4.69) is 5.32 Å². The van der Waals surface area contributed by atoms with Crippen molar-refractivity contribution in [3.63, 3.8) is 0 Å². The zero-order valence-electron chi connectivity index (χ0n) is 9.83. The fraction of sp³-hybridized carbons (Fsp3) is 0.417. The third kappa shape index (κ3) is 2.84. The first-order chi connectivity index (χ1) is 8.56. The number of nitro groups is 1. The summed E-state index contributed by atoms with van der Waals surface area (Å²) in [5.74, 6) is -0.192. The highest BCUT2D eigenvalue weighted by atomic mass is 16.6. The fourth-order valence-electron chi connectivity index (χ4n) is 2.20. The molecule has 18 heavy (non-hydrogen) atoms. The lowest BCUT2D eigenvalue weighted by atomic mass is 10.1. The van der Waals surface area contributed by atoms with Gasteiger partial charge in [-0.2, -0.15) is 0 Å². The van der Waals surface area contributed by atoms with Gasteiger partial charge in [0.25, 0.3) is 5.69 Å². The maximum Gasteiger partial charge on any atom is 0.271 e. The molecule has 1 aromatic rings. The van der Waals surface area contributed by atoms with Gasteiger partial charge in [0.05, 0.1) is 4.92 Å². The van der Waals surface area contributed by atoms with Gasteiger partial charge in [0.1, 0.15) is 0 Å². The van der Waals surface area contributed by atoms with Crippen LogP contribution < -0.4 is 11.1 Å². The number of nitrogens with one attached hydrogen (secondary N) is 1. The molecule has 2 rings (SSSR count). The highest BCUT2D eigenvalue weighted by Crippen LogP contribution is 2.26. The second kappa shape index (κ2) is 5.14. The van der Waals surface area contributed by atoms with Crippen molar-refractivity contribution in [2.24, 2.45) is 11.7 Å². The summed E-state index contributed by atoms with van der Waals surface area (Å²) in [6.45, 7) is 0. The minimum Gasteiger partial charge on any atom is -0.328 e. The van der Waals surface area contributed by atoms with Gasteiger partial charge in [-0.15, -0.1) is 0 Å². The number of non-ortho nitro benzene ring substituents is 1. The average Bonchev–Trinajstić information content (AvgIpc) is 2.76. The summed E-state index contributed by atoms with van der Waals surface area (Å²) in [7, 11) is 0. The van der Waals surface area contributed by atoms with E-state index in [1.54, 1.807) is 12.1 Å². The van der Waals surface area contributed by atoms with E-state index in [4.69, 9.17) is 5.73 Å². The third-order valence-electron chi connectivity index (χ3n) is 3.17. The highest BCUT2D eigenvalue weighted by molar-refractivity contribution is 5.93. The zero-order valence-corrected chi connectivity index (χ0v) is 9.83. The van der Waals surface area contributed by atoms with Gasteiger partial charge >= 0.3 is 0 Å². The molecular formula is C12H15N3O3. The Labute approximate surface area is 104 Å². The SMILES string of the molecule is NC1CCC(C(=O)Nc2cccc([N+](=O)[O-])c2)C1. The normalized spacial score (nSPS) is 22.7. The van der Waals surface area contributed by atoms with Gasteiger partial charge < -0.3 is 11.1 Å². The summed E-state index contributed by atoms with van der Waals surface area (Å²) >= 11 is 0. The first kappa shape index (κ1) is 12.5. The number of hydrogen-bond acceptors (Lipinski definition) is 4. The molecule has 2 atom stereocenters. The van der Waals surface area contributed by atoms with E-state index in [0.29, 0.717) is 12.1 Å². The molecule has 2 unspecified atom stereocenters. The minimum atomic E-state index is -0.485. The number of nitro benzene ring substituents is 1. The highest BCUT2D eigenvalue weighted by Gasteiger charge is 2.27. The largest absolute Gasteiger partial charge is 0.328 e. The smallest absolute Gasteiger partial charge is 0.271 e. The summed E-state index contributed by atoms with van der Waals surface area (Å²) < 4.78 is 0. The van der Waals surface area contributed by atoms with Crippen molar-refractivity contribution in [1.29, 1.82) is 0 Å². The molecule has 1 saturated carbocycles. The first-order valence-corrected chi connectivity index (χ1v) is 5.87. The predicted molar refractivity (Wildman–Crippen MR) is 67.0 cm³/mol. The van der Waals surface area contributed by atoms with Crippen LogP contribution >= 0.6 is 0 Å². The average molecular weight is 249 g/mol. The molecule has 3 N–H and O–H groups in total. The van der Waals surface area contributed by atoms with E-state index in [1.807, 2.05) is 0 Å². The molecule has 0 aromatic heterocycles. The third-order valence-corrected chi connectivity index (χ3v) is 3.17. The van der Waals surface area contributed by atoms with Crippen molar-refractivity contribution in [2.75, 3.05) is 5.32 Å². The molecule has 1 aliphatic rings. The lowest BCUT2D eigenvalue weighted by Crippen LogP contribution is -2.23. The van der Waals surface area contributed by atoms with Gasteiger partial charge in [-0.05, 0) is 25.3 Å². The number of carbonyl (C=O) groups is 1. The van der Waals surface area contributed by atoms with Crippen LogP contribution in [0.4, 0.5) is 11.4 Å². The van der Waals surface area contributed by atoms with E-state index in [1.165, 1.54) is 12.1 Å². The van der Waals surface area contributed by atoms with E-state index >= 15 is 0 Å². The molecule has 0 spiro atoms. The number of nitrogens with zero attached hydrogens (tertiary/aromatic N) is 1. The number of carbonyl (C=O) groups excluding carboxylic acids is 1. The quantitative estimate of drug-likeness (QED) is 0.628. The molecule has 0 heterocycles. The van der Waals surface area contributed by atoms with Crippen LogP contribution in [0.25, 0.3) is 0 Å². The molecule has 0 radical (unpaired) electrons. The summed E-state index contributed by atoms with van der Waals surface area (Å²) in [6.07, 6.45) is 2.32. The summed E-state index contributed by atoms with van der Waals surface area (Å²) in [5, 5.41) is 13.3. The Kier molecular flexibility index (Phi) is 3.57. The molecule has 0 aliphatic heterocycles. The van der Waals surface area contributed by atoms with Crippen LogP contribution in [0.5, 0.6) is 0 Å². The second-order valence-electron chi connectivity index (χ2n) is 4.57. The predicted octanol–water partition coefficient (Wildman–Crippen LogP) is 1.66. The molecule has 1 amide bonds. The molecule has 0 bridgehead atoms. The standard InChI is InChI=1S/C12H15N3O3/c13-9-5-4-8(6-9)12(16)14-10-2-1-3-11(7-10)15(17)18/h1-3,7-9H,4-6,13H2,(H,14,16). The molecule has 6 heteroatoms. The second-order valence-corrected chi connectivity index (χ2v) is 4.57. The van der Waals surface area contributed by atoms with Crippen molar-refractivity contribution in [3.05, 3.63) is 34.4 Å². The summed E-state index contributed by atoms with van der Waals surface area (Å²) in [4.78, 5) is 22.0. The van der Waals surface area contributed by atoms with Crippen LogP contribution in [0.3, 0.4) is 0 Å². The number of rotatable bonds is 3. The molecule has 6 nitrogen and oxygen atoms in total. The van der Waals surface area contributed by atoms with Gasteiger partial charge in [0.2, 0.25) is 5.91 Å². The molecule has 1 fully saturated rings. The number of anilines is 1. The van der Waals surface area contributed by atoms with Crippen LogP contribution in [0, 0.1) is 16.0 Å². The molecule has 1 aliphatic carbocycles. The van der Waals surface area contributed by atoms with E-state index in [-0.39, 0.29) is 23.6 Å². The molecule has 96 valence electrons. The van der Waals surface area contributed by atoms with E-state index < -0.39 is 4.92 Å². The number of hydrogen-bond donors (Lipinski definition) is 2. The van der Waals surface area contributed by atoms with Crippen molar-refractivity contribution in [2.45, 2.75) is 25.3 Å². The van der Waals surface area contributed by atoms with Crippen LogP contribution in [0.1, 0.15) is 19.3 Å². The monoisotopic (exact) mass is 249 g/mol. The van der Waals surface area contributed by atoms with Gasteiger partial charge in [0, 0.05) is 29.8 Å². The Morgan fingerprint density at radius 2 is 2.22 bits per heavy atom. The number of benzene rings is 1. The van der Waals surface area contributed by atoms with Crippen molar-refractivity contribution >= 4 is 17.3 Å². The molecule has 0 saturated heterocycles. The Bertz CT molecular complexity index is 475. The first-order valence-electron chi connectivity index (χ1n) is 5.87.